The number of rotatable bonds is 10. The first kappa shape index (κ1) is 44.0. The minimum absolute atomic E-state index is 0.446. The predicted octanol–water partition coefficient (Wildman–Crippen LogP) is 19.3. The monoisotopic (exact) mass is 954 g/mol. The summed E-state index contributed by atoms with van der Waals surface area (Å²) in [4.78, 5) is 2.36. The van der Waals surface area contributed by atoms with E-state index in [0.717, 1.165) is 33.9 Å². The summed E-state index contributed by atoms with van der Waals surface area (Å²) in [5.41, 5.74) is 23.5. The van der Waals surface area contributed by atoms with Crippen LogP contribution < -0.4 is 4.90 Å². The highest BCUT2D eigenvalue weighted by atomic mass is 15.1. The van der Waals surface area contributed by atoms with Gasteiger partial charge in [-0.05, 0) is 139 Å². The number of aromatic nitrogens is 1. The number of fused-ring (bicyclic) bond motifs is 6. The Morgan fingerprint density at radius 3 is 1.31 bits per heavy atom. The summed E-state index contributed by atoms with van der Waals surface area (Å²) in [6.45, 7) is 0. The van der Waals surface area contributed by atoms with Gasteiger partial charge in [0.2, 0.25) is 0 Å². The van der Waals surface area contributed by atoms with Gasteiger partial charge in [-0.15, -0.1) is 0 Å². The Morgan fingerprint density at radius 1 is 0.253 bits per heavy atom. The van der Waals surface area contributed by atoms with Crippen molar-refractivity contribution in [2.24, 2.45) is 0 Å². The van der Waals surface area contributed by atoms with Crippen molar-refractivity contribution in [3.63, 3.8) is 0 Å². The average Bonchev–Trinajstić information content (AvgIpc) is 3.99. The van der Waals surface area contributed by atoms with Crippen LogP contribution in [0.3, 0.4) is 0 Å². The molecule has 0 atom stereocenters. The largest absolute Gasteiger partial charge is 0.310 e. The molecule has 352 valence electrons. The summed E-state index contributed by atoms with van der Waals surface area (Å²) in [7, 11) is 0. The highest BCUT2D eigenvalue weighted by Gasteiger charge is 2.46. The molecule has 1 aliphatic carbocycles. The highest BCUT2D eigenvalue weighted by Crippen LogP contribution is 2.56. The van der Waals surface area contributed by atoms with Crippen LogP contribution in [-0.2, 0) is 5.41 Å². The molecule has 2 nitrogen and oxygen atoms in total. The Morgan fingerprint density at radius 2 is 0.693 bits per heavy atom. The maximum Gasteiger partial charge on any atom is 0.0713 e. The Labute approximate surface area is 438 Å². The zero-order chi connectivity index (χ0) is 49.7. The second-order valence-electron chi connectivity index (χ2n) is 19.6. The molecule has 1 aromatic heterocycles. The fourth-order valence-electron chi connectivity index (χ4n) is 12.0. The molecule has 14 rings (SSSR count). The molecule has 0 fully saturated rings. The third kappa shape index (κ3) is 7.49. The number of para-hydroxylation sites is 1. The van der Waals surface area contributed by atoms with Crippen molar-refractivity contribution in [1.82, 2.24) is 4.57 Å². The van der Waals surface area contributed by atoms with E-state index in [1.165, 1.54) is 88.6 Å². The van der Waals surface area contributed by atoms with Gasteiger partial charge in [-0.2, -0.15) is 0 Å². The first-order chi connectivity index (χ1) is 37.2. The average molecular weight is 955 g/mol. The lowest BCUT2D eigenvalue weighted by molar-refractivity contribution is 0.768. The van der Waals surface area contributed by atoms with Crippen LogP contribution in [0.2, 0.25) is 0 Å². The minimum Gasteiger partial charge on any atom is -0.310 e. The van der Waals surface area contributed by atoms with E-state index in [1.807, 2.05) is 0 Å². The van der Waals surface area contributed by atoms with Crippen LogP contribution in [0.4, 0.5) is 17.1 Å². The third-order valence-electron chi connectivity index (χ3n) is 15.5. The van der Waals surface area contributed by atoms with Crippen LogP contribution in [0.25, 0.3) is 83.1 Å². The fraction of sp³-hybridized carbons (Fsp3) is 0.0137. The molecule has 0 amide bonds. The van der Waals surface area contributed by atoms with Crippen LogP contribution in [0.15, 0.2) is 303 Å². The van der Waals surface area contributed by atoms with Crippen LogP contribution in [0.1, 0.15) is 22.3 Å². The summed E-state index contributed by atoms with van der Waals surface area (Å²) in [6, 6.07) is 111. The first-order valence-corrected chi connectivity index (χ1v) is 25.9. The van der Waals surface area contributed by atoms with Gasteiger partial charge in [0.05, 0.1) is 16.4 Å². The van der Waals surface area contributed by atoms with Crippen molar-refractivity contribution in [2.75, 3.05) is 4.90 Å². The van der Waals surface area contributed by atoms with E-state index in [1.54, 1.807) is 0 Å². The molecule has 0 aliphatic heterocycles. The number of hydrogen-bond donors (Lipinski definition) is 0. The molecule has 0 bridgehead atoms. The van der Waals surface area contributed by atoms with Crippen LogP contribution >= 0.6 is 0 Å². The Kier molecular flexibility index (Phi) is 10.8. The molecule has 0 saturated carbocycles. The fourth-order valence-corrected chi connectivity index (χ4v) is 12.0. The summed E-state index contributed by atoms with van der Waals surface area (Å²) in [5, 5.41) is 2.48. The predicted molar refractivity (Wildman–Crippen MR) is 315 cm³/mol. The lowest BCUT2D eigenvalue weighted by Gasteiger charge is -2.33. The molecule has 13 aromatic rings. The maximum atomic E-state index is 2.47. The minimum atomic E-state index is -0.446. The summed E-state index contributed by atoms with van der Waals surface area (Å²) < 4.78 is 2.47. The second-order valence-corrected chi connectivity index (χ2v) is 19.6. The van der Waals surface area contributed by atoms with E-state index in [9.17, 15) is 0 Å². The van der Waals surface area contributed by atoms with Gasteiger partial charge in [0.1, 0.15) is 0 Å². The number of hydrogen-bond acceptors (Lipinski definition) is 1. The van der Waals surface area contributed by atoms with Gasteiger partial charge >= 0.3 is 0 Å². The number of nitrogens with zero attached hydrogens (tertiary/aromatic N) is 2. The van der Waals surface area contributed by atoms with Crippen molar-refractivity contribution in [3.05, 3.63) is 326 Å². The SMILES string of the molecule is c1ccc(-c2ccc(N(c3ccc(-c4ccccc4)cc3)c3cccc(-c4ccc(-c5ccc6c7ccccc7n(-c7ccc8c(c7)-c7ccccc7C8(c7ccccc7)c7ccccc7)c6c5)cc4)c3)cc2)cc1. The third-order valence-corrected chi connectivity index (χ3v) is 15.5. The highest BCUT2D eigenvalue weighted by molar-refractivity contribution is 6.10. The topological polar surface area (TPSA) is 8.17 Å². The molecular weight excluding hydrogens is 905 g/mol. The maximum absolute atomic E-state index is 2.47. The van der Waals surface area contributed by atoms with Gasteiger partial charge in [0, 0.05) is 33.5 Å². The van der Waals surface area contributed by atoms with Gasteiger partial charge in [-0.25, -0.2) is 0 Å². The zero-order valence-electron chi connectivity index (χ0n) is 41.3. The molecule has 12 aromatic carbocycles. The van der Waals surface area contributed by atoms with Crippen molar-refractivity contribution >= 4 is 38.9 Å². The van der Waals surface area contributed by atoms with E-state index in [-0.39, 0.29) is 0 Å². The normalized spacial score (nSPS) is 12.4. The number of anilines is 3. The quantitative estimate of drug-likeness (QED) is 0.133. The van der Waals surface area contributed by atoms with Crippen LogP contribution in [0.5, 0.6) is 0 Å². The van der Waals surface area contributed by atoms with Gasteiger partial charge < -0.3 is 9.47 Å². The van der Waals surface area contributed by atoms with E-state index in [2.05, 4.69) is 313 Å². The molecule has 0 unspecified atom stereocenters. The van der Waals surface area contributed by atoms with Gasteiger partial charge in [-0.1, -0.05) is 243 Å². The Balaban J connectivity index is 0.832. The van der Waals surface area contributed by atoms with E-state index >= 15 is 0 Å². The van der Waals surface area contributed by atoms with Gasteiger partial charge in [0.15, 0.2) is 0 Å². The Hall–Kier alpha value is -9.76. The van der Waals surface area contributed by atoms with Gasteiger partial charge in [0.25, 0.3) is 0 Å². The Bertz CT molecular complexity index is 4060. The zero-order valence-corrected chi connectivity index (χ0v) is 41.3. The lowest BCUT2D eigenvalue weighted by Crippen LogP contribution is -2.28. The molecule has 1 aliphatic rings. The van der Waals surface area contributed by atoms with Crippen LogP contribution in [-0.4, -0.2) is 4.57 Å². The van der Waals surface area contributed by atoms with Crippen molar-refractivity contribution in [2.45, 2.75) is 5.41 Å². The lowest BCUT2D eigenvalue weighted by atomic mass is 9.68. The van der Waals surface area contributed by atoms with Crippen molar-refractivity contribution in [3.8, 4) is 61.3 Å². The first-order valence-electron chi connectivity index (χ1n) is 25.9. The molecule has 0 N–H and O–H groups in total. The van der Waals surface area contributed by atoms with E-state index in [0.29, 0.717) is 0 Å². The molecule has 75 heavy (non-hydrogen) atoms. The molecular formula is C73H50N2. The van der Waals surface area contributed by atoms with Crippen molar-refractivity contribution in [1.29, 1.82) is 0 Å². The summed E-state index contributed by atoms with van der Waals surface area (Å²) >= 11 is 0. The van der Waals surface area contributed by atoms with Crippen LogP contribution in [0, 0.1) is 0 Å². The smallest absolute Gasteiger partial charge is 0.0713 e. The van der Waals surface area contributed by atoms with E-state index in [4.69, 9.17) is 0 Å². The standard InChI is InChI=1S/C73H50N2/c1-5-18-51(19-6-1)53-36-41-61(42-37-53)74(62-43-38-54(39-44-62)52-20-7-2-8-21-52)63-27-17-22-57(48-63)55-32-34-56(35-33-55)58-40-46-67-66-29-14-16-31-71(66)75(72(67)49-58)64-45-47-70-68(50-64)65-28-13-15-30-69(65)73(70,59-23-9-3-10-24-59)60-25-11-4-12-26-60/h1-50H. The molecule has 0 saturated heterocycles. The summed E-state index contributed by atoms with van der Waals surface area (Å²) in [6.07, 6.45) is 0. The molecule has 0 spiro atoms. The molecule has 1 heterocycles. The molecule has 2 heteroatoms. The van der Waals surface area contributed by atoms with Crippen molar-refractivity contribution < 1.29 is 0 Å². The molecule has 0 radical (unpaired) electrons. The second kappa shape index (κ2) is 18.4. The number of benzene rings is 12. The van der Waals surface area contributed by atoms with E-state index < -0.39 is 5.41 Å². The summed E-state index contributed by atoms with van der Waals surface area (Å²) in [5.74, 6) is 0. The van der Waals surface area contributed by atoms with Gasteiger partial charge in [-0.3, -0.25) is 0 Å².